The number of anilines is 2. The molecule has 1 aromatic carbocycles. The molecule has 0 amide bonds. The van der Waals surface area contributed by atoms with Crippen molar-refractivity contribution in [3.8, 4) is 17.0 Å². The number of aromatic hydroxyl groups is 1. The molecule has 0 saturated carbocycles. The topological polar surface area (TPSA) is 64.5 Å². The Hall–Kier alpha value is -2.41. The number of hydrogen-bond acceptors (Lipinski definition) is 6. The van der Waals surface area contributed by atoms with Crippen LogP contribution >= 0.6 is 0 Å². The highest BCUT2D eigenvalue weighted by atomic mass is 19.1. The second-order valence-corrected chi connectivity index (χ2v) is 6.92. The molecule has 2 aliphatic rings. The highest BCUT2D eigenvalue weighted by Crippen LogP contribution is 2.36. The molecule has 1 saturated heterocycles. The molecule has 0 spiro atoms. The zero-order valence-corrected chi connectivity index (χ0v) is 14.4. The van der Waals surface area contributed by atoms with E-state index in [1.54, 1.807) is 12.1 Å². The van der Waals surface area contributed by atoms with E-state index in [9.17, 15) is 9.50 Å². The molecule has 2 aromatic rings. The lowest BCUT2D eigenvalue weighted by molar-refractivity contribution is 0.182. The van der Waals surface area contributed by atoms with E-state index < -0.39 is 5.82 Å². The van der Waals surface area contributed by atoms with Crippen LogP contribution in [0.1, 0.15) is 13.8 Å². The molecule has 1 fully saturated rings. The third-order valence-corrected chi connectivity index (χ3v) is 5.10. The number of piperazine rings is 1. The first-order valence-corrected chi connectivity index (χ1v) is 8.64. The second kappa shape index (κ2) is 6.15. The Morgan fingerprint density at radius 1 is 1.28 bits per heavy atom. The minimum absolute atomic E-state index is 0.359. The molecular weight excluding hydrogens is 321 g/mol. The fourth-order valence-electron chi connectivity index (χ4n) is 3.64. The van der Waals surface area contributed by atoms with E-state index in [0.29, 0.717) is 23.3 Å². The van der Waals surface area contributed by atoms with Crippen molar-refractivity contribution >= 4 is 11.5 Å². The number of hydrogen-bond donors (Lipinski definition) is 2. The first-order chi connectivity index (χ1) is 12.0. The summed E-state index contributed by atoms with van der Waals surface area (Å²) in [5.74, 6) is -0.297. The Labute approximate surface area is 146 Å². The molecule has 132 valence electrons. The molecule has 0 bridgehead atoms. The minimum atomic E-state index is -0.654. The number of phenols is 1. The second-order valence-electron chi connectivity index (χ2n) is 6.92. The van der Waals surface area contributed by atoms with Gasteiger partial charge in [0, 0.05) is 37.8 Å². The molecule has 3 heterocycles. The molecule has 1 aromatic heterocycles. The summed E-state index contributed by atoms with van der Waals surface area (Å²) in [6, 6.07) is 7.22. The fraction of sp³-hybridized carbons (Fsp3) is 0.444. The predicted octanol–water partition coefficient (Wildman–Crippen LogP) is 2.31. The Kier molecular flexibility index (Phi) is 3.95. The lowest BCUT2D eigenvalue weighted by atomic mass is 10.0. The van der Waals surface area contributed by atoms with Crippen LogP contribution in [0.5, 0.6) is 5.75 Å². The molecule has 6 nitrogen and oxygen atoms in total. The van der Waals surface area contributed by atoms with Crippen LogP contribution in [-0.4, -0.2) is 58.5 Å². The van der Waals surface area contributed by atoms with Gasteiger partial charge in [0.25, 0.3) is 0 Å². The van der Waals surface area contributed by atoms with Gasteiger partial charge in [-0.3, -0.25) is 4.90 Å². The number of fused-ring (bicyclic) bond motifs is 3. The van der Waals surface area contributed by atoms with Crippen molar-refractivity contribution in [2.24, 2.45) is 0 Å². The van der Waals surface area contributed by atoms with Crippen molar-refractivity contribution in [1.82, 2.24) is 15.1 Å². The van der Waals surface area contributed by atoms with Crippen LogP contribution in [0.2, 0.25) is 0 Å². The first-order valence-electron chi connectivity index (χ1n) is 8.64. The molecule has 0 unspecified atom stereocenters. The SMILES string of the molecule is CC(C)N1CCN2c3cc(-c4cccc(F)c4O)nnc3NC[C@@H]2C1. The average molecular weight is 343 g/mol. The maximum Gasteiger partial charge on any atom is 0.172 e. The van der Waals surface area contributed by atoms with E-state index in [0.717, 1.165) is 37.7 Å². The van der Waals surface area contributed by atoms with Gasteiger partial charge in [-0.25, -0.2) is 4.39 Å². The number of rotatable bonds is 2. The van der Waals surface area contributed by atoms with Gasteiger partial charge in [-0.1, -0.05) is 6.07 Å². The summed E-state index contributed by atoms with van der Waals surface area (Å²) in [6.07, 6.45) is 0. The van der Waals surface area contributed by atoms with Gasteiger partial charge >= 0.3 is 0 Å². The van der Waals surface area contributed by atoms with E-state index in [2.05, 4.69) is 39.2 Å². The Morgan fingerprint density at radius 3 is 2.92 bits per heavy atom. The van der Waals surface area contributed by atoms with Crippen molar-refractivity contribution in [1.29, 1.82) is 0 Å². The lowest BCUT2D eigenvalue weighted by Crippen LogP contribution is -2.59. The van der Waals surface area contributed by atoms with E-state index in [-0.39, 0.29) is 5.75 Å². The number of nitrogens with zero attached hydrogens (tertiary/aromatic N) is 4. The highest BCUT2D eigenvalue weighted by Gasteiger charge is 2.33. The van der Waals surface area contributed by atoms with Gasteiger partial charge in [0.1, 0.15) is 0 Å². The van der Waals surface area contributed by atoms with Crippen LogP contribution in [-0.2, 0) is 0 Å². The number of benzene rings is 1. The van der Waals surface area contributed by atoms with Crippen molar-refractivity contribution in [2.45, 2.75) is 25.9 Å². The van der Waals surface area contributed by atoms with Crippen molar-refractivity contribution in [2.75, 3.05) is 36.4 Å². The van der Waals surface area contributed by atoms with Gasteiger partial charge in [0.2, 0.25) is 0 Å². The molecule has 7 heteroatoms. The first kappa shape index (κ1) is 16.1. The molecule has 0 radical (unpaired) electrons. The van der Waals surface area contributed by atoms with E-state index >= 15 is 0 Å². The largest absolute Gasteiger partial charge is 0.504 e. The van der Waals surface area contributed by atoms with Crippen LogP contribution in [0.4, 0.5) is 15.9 Å². The summed E-state index contributed by atoms with van der Waals surface area (Å²) in [4.78, 5) is 4.82. The predicted molar refractivity (Wildman–Crippen MR) is 95.4 cm³/mol. The summed E-state index contributed by atoms with van der Waals surface area (Å²) < 4.78 is 13.7. The van der Waals surface area contributed by atoms with Crippen LogP contribution in [0.3, 0.4) is 0 Å². The Morgan fingerprint density at radius 2 is 2.12 bits per heavy atom. The van der Waals surface area contributed by atoms with Crippen molar-refractivity contribution in [3.05, 3.63) is 30.1 Å². The average Bonchev–Trinajstić information content (AvgIpc) is 2.63. The van der Waals surface area contributed by atoms with Crippen LogP contribution in [0.15, 0.2) is 24.3 Å². The zero-order valence-electron chi connectivity index (χ0n) is 14.4. The number of halogens is 1. The normalized spacial score (nSPS) is 20.2. The van der Waals surface area contributed by atoms with Crippen molar-refractivity contribution in [3.63, 3.8) is 0 Å². The van der Waals surface area contributed by atoms with Gasteiger partial charge in [0.05, 0.1) is 17.4 Å². The lowest BCUT2D eigenvalue weighted by Gasteiger charge is -2.47. The molecule has 0 aliphatic carbocycles. The summed E-state index contributed by atoms with van der Waals surface area (Å²) >= 11 is 0. The van der Waals surface area contributed by atoms with Gasteiger partial charge in [-0.15, -0.1) is 10.2 Å². The van der Waals surface area contributed by atoms with E-state index in [4.69, 9.17) is 0 Å². The summed E-state index contributed by atoms with van der Waals surface area (Å²) in [5.41, 5.74) is 1.80. The van der Waals surface area contributed by atoms with E-state index in [1.165, 1.54) is 6.07 Å². The highest BCUT2D eigenvalue weighted by molar-refractivity contribution is 5.76. The molecular formula is C18H22FN5O. The summed E-state index contributed by atoms with van der Waals surface area (Å²) in [6.45, 7) is 8.17. The number of aromatic nitrogens is 2. The fourth-order valence-corrected chi connectivity index (χ4v) is 3.64. The Balaban J connectivity index is 1.69. The molecule has 25 heavy (non-hydrogen) atoms. The maximum absolute atomic E-state index is 13.7. The standard InChI is InChI=1S/C18H22FN5O/c1-11(2)23-6-7-24-12(10-23)9-20-18-16(24)8-15(21-22-18)13-4-3-5-14(19)17(13)25/h3-5,8,11-12,25H,6-7,9-10H2,1-2H3,(H,20,22)/t12-/m1/s1. The number of phenolic OH excluding ortho intramolecular Hbond substituents is 1. The molecule has 1 atom stereocenters. The zero-order chi connectivity index (χ0) is 17.6. The molecule has 4 rings (SSSR count). The minimum Gasteiger partial charge on any atom is -0.504 e. The number of para-hydroxylation sites is 1. The quantitative estimate of drug-likeness (QED) is 0.872. The van der Waals surface area contributed by atoms with Gasteiger partial charge in [0.15, 0.2) is 17.4 Å². The van der Waals surface area contributed by atoms with Crippen molar-refractivity contribution < 1.29 is 9.50 Å². The van der Waals surface area contributed by atoms with Gasteiger partial charge < -0.3 is 15.3 Å². The Bertz CT molecular complexity index is 797. The number of nitrogens with one attached hydrogen (secondary N) is 1. The third-order valence-electron chi connectivity index (χ3n) is 5.10. The monoisotopic (exact) mass is 343 g/mol. The maximum atomic E-state index is 13.7. The summed E-state index contributed by atoms with van der Waals surface area (Å²) in [7, 11) is 0. The molecule has 2 aliphatic heterocycles. The smallest absolute Gasteiger partial charge is 0.172 e. The van der Waals surface area contributed by atoms with Crippen LogP contribution < -0.4 is 10.2 Å². The van der Waals surface area contributed by atoms with Gasteiger partial charge in [-0.05, 0) is 32.0 Å². The van der Waals surface area contributed by atoms with E-state index in [1.807, 2.05) is 6.07 Å². The van der Waals surface area contributed by atoms with Crippen LogP contribution in [0, 0.1) is 5.82 Å². The van der Waals surface area contributed by atoms with Crippen LogP contribution in [0.25, 0.3) is 11.3 Å². The molecule has 2 N–H and O–H groups in total. The summed E-state index contributed by atoms with van der Waals surface area (Å²) in [5, 5.41) is 21.8. The van der Waals surface area contributed by atoms with Gasteiger partial charge in [-0.2, -0.15) is 0 Å². The third kappa shape index (κ3) is 2.78.